The molecule has 178 valence electrons. The van der Waals surface area contributed by atoms with Crippen LogP contribution in [0.4, 0.5) is 4.79 Å². The van der Waals surface area contributed by atoms with Crippen molar-refractivity contribution in [3.63, 3.8) is 0 Å². The zero-order valence-corrected chi connectivity index (χ0v) is 20.2. The third kappa shape index (κ3) is 6.38. The first-order chi connectivity index (χ1) is 16.4. The minimum Gasteiger partial charge on any atom is -0.496 e. The average molecular weight is 462 g/mol. The number of carbonyl (C=O) groups is 2. The Labute approximate surface area is 201 Å². The van der Waals surface area contributed by atoms with E-state index in [1.54, 1.807) is 12.0 Å². The molecule has 0 fully saturated rings. The van der Waals surface area contributed by atoms with E-state index in [0.29, 0.717) is 18.8 Å². The second-order valence-corrected chi connectivity index (χ2v) is 7.99. The Hall–Kier alpha value is -3.80. The van der Waals surface area contributed by atoms with Crippen molar-refractivity contribution in [3.8, 4) is 16.9 Å². The van der Waals surface area contributed by atoms with Gasteiger partial charge >= 0.3 is 12.1 Å². The fourth-order valence-corrected chi connectivity index (χ4v) is 3.77. The lowest BCUT2D eigenvalue weighted by molar-refractivity contribution is -0.139. The smallest absolute Gasteiger partial charge is 0.410 e. The van der Waals surface area contributed by atoms with Crippen LogP contribution in [0.15, 0.2) is 66.7 Å². The average Bonchev–Trinajstić information content (AvgIpc) is 2.86. The number of amides is 1. The molecule has 0 aliphatic carbocycles. The Kier molecular flexibility index (Phi) is 8.68. The lowest BCUT2D eigenvalue weighted by Crippen LogP contribution is -2.31. The molecule has 0 aromatic heterocycles. The lowest BCUT2D eigenvalue weighted by Gasteiger charge is -2.23. The Morgan fingerprint density at radius 3 is 2.35 bits per heavy atom. The van der Waals surface area contributed by atoms with E-state index in [1.807, 2.05) is 74.5 Å². The quantitative estimate of drug-likeness (QED) is 0.391. The first kappa shape index (κ1) is 24.8. The molecular weight excluding hydrogens is 430 g/mol. The Balaban J connectivity index is 1.86. The van der Waals surface area contributed by atoms with E-state index < -0.39 is 0 Å². The molecule has 34 heavy (non-hydrogen) atoms. The molecule has 0 aliphatic heterocycles. The summed E-state index contributed by atoms with van der Waals surface area (Å²) in [6.07, 6.45) is -0.248. The molecule has 0 saturated carbocycles. The van der Waals surface area contributed by atoms with Crippen molar-refractivity contribution in [2.45, 2.75) is 33.4 Å². The molecule has 0 unspecified atom stereocenters. The van der Waals surface area contributed by atoms with E-state index in [9.17, 15) is 9.59 Å². The number of ether oxygens (including phenoxy) is 3. The molecular formula is C28H31NO5. The molecule has 0 aliphatic rings. The first-order valence-electron chi connectivity index (χ1n) is 11.2. The topological polar surface area (TPSA) is 65.1 Å². The van der Waals surface area contributed by atoms with Crippen molar-refractivity contribution in [3.05, 3.63) is 89.0 Å². The van der Waals surface area contributed by atoms with E-state index in [0.717, 1.165) is 33.4 Å². The van der Waals surface area contributed by atoms with Crippen LogP contribution in [0.1, 0.15) is 29.2 Å². The highest BCUT2D eigenvalue weighted by atomic mass is 16.6. The van der Waals surface area contributed by atoms with Gasteiger partial charge in [-0.25, -0.2) is 4.79 Å². The van der Waals surface area contributed by atoms with E-state index >= 15 is 0 Å². The minimum atomic E-state index is -0.361. The summed E-state index contributed by atoms with van der Waals surface area (Å²) >= 11 is 0. The zero-order chi connectivity index (χ0) is 24.5. The normalized spacial score (nSPS) is 10.5. The van der Waals surface area contributed by atoms with Gasteiger partial charge in [-0.2, -0.15) is 0 Å². The van der Waals surface area contributed by atoms with Crippen LogP contribution in [-0.2, 0) is 33.8 Å². The molecule has 0 bridgehead atoms. The summed E-state index contributed by atoms with van der Waals surface area (Å²) in [6, 6.07) is 21.5. The first-order valence-corrected chi connectivity index (χ1v) is 11.2. The van der Waals surface area contributed by atoms with Crippen LogP contribution in [0.2, 0.25) is 0 Å². The van der Waals surface area contributed by atoms with Gasteiger partial charge in [0.25, 0.3) is 0 Å². The van der Waals surface area contributed by atoms with Crippen LogP contribution in [0.25, 0.3) is 11.1 Å². The van der Waals surface area contributed by atoms with Crippen LogP contribution >= 0.6 is 0 Å². The summed E-state index contributed by atoms with van der Waals surface area (Å²) in [5.41, 5.74) is 5.69. The summed E-state index contributed by atoms with van der Waals surface area (Å²) in [5.74, 6) is 0.292. The van der Waals surface area contributed by atoms with Crippen molar-refractivity contribution < 1.29 is 23.8 Å². The largest absolute Gasteiger partial charge is 0.496 e. The van der Waals surface area contributed by atoms with E-state index in [1.165, 1.54) is 7.11 Å². The SMILES string of the molecule is CCN(Cc1cc(C)ccc1-c1ccc(OC)c(CC(=O)OC)c1)C(=O)OCc1ccccc1. The fraction of sp³-hybridized carbons (Fsp3) is 0.286. The standard InChI is InChI=1S/C28H31NO5/c1-5-29(28(31)34-19-21-9-7-6-8-10-21)18-24-15-20(2)11-13-25(24)22-12-14-26(32-3)23(16-22)17-27(30)33-4/h6-16H,5,17-19H2,1-4H3. The molecule has 0 N–H and O–H groups in total. The summed E-state index contributed by atoms with van der Waals surface area (Å²) in [5, 5.41) is 0. The minimum absolute atomic E-state index is 0.113. The molecule has 0 radical (unpaired) electrons. The highest BCUT2D eigenvalue weighted by molar-refractivity contribution is 5.76. The maximum Gasteiger partial charge on any atom is 0.410 e. The van der Waals surface area contributed by atoms with Crippen molar-refractivity contribution in [1.82, 2.24) is 4.90 Å². The summed E-state index contributed by atoms with van der Waals surface area (Å²) in [7, 11) is 2.94. The van der Waals surface area contributed by atoms with Crippen molar-refractivity contribution in [2.24, 2.45) is 0 Å². The van der Waals surface area contributed by atoms with Crippen LogP contribution in [0, 0.1) is 6.92 Å². The Bertz CT molecular complexity index is 1130. The highest BCUT2D eigenvalue weighted by Crippen LogP contribution is 2.31. The number of nitrogens with zero attached hydrogens (tertiary/aromatic N) is 1. The second-order valence-electron chi connectivity index (χ2n) is 7.99. The van der Waals surface area contributed by atoms with Gasteiger partial charge in [-0.05, 0) is 48.2 Å². The molecule has 0 atom stereocenters. The van der Waals surface area contributed by atoms with Crippen molar-refractivity contribution >= 4 is 12.1 Å². The number of esters is 1. The van der Waals surface area contributed by atoms with Gasteiger partial charge in [0.2, 0.25) is 0 Å². The predicted molar refractivity (Wildman–Crippen MR) is 132 cm³/mol. The predicted octanol–water partition coefficient (Wildman–Crippen LogP) is 5.54. The summed E-state index contributed by atoms with van der Waals surface area (Å²) < 4.78 is 15.8. The number of benzene rings is 3. The van der Waals surface area contributed by atoms with E-state index in [-0.39, 0.29) is 25.1 Å². The molecule has 0 spiro atoms. The van der Waals surface area contributed by atoms with Gasteiger partial charge in [0.05, 0.1) is 20.6 Å². The van der Waals surface area contributed by atoms with Crippen LogP contribution < -0.4 is 4.74 Å². The number of hydrogen-bond donors (Lipinski definition) is 0. The monoisotopic (exact) mass is 461 g/mol. The van der Waals surface area contributed by atoms with Gasteiger partial charge in [0.1, 0.15) is 12.4 Å². The summed E-state index contributed by atoms with van der Waals surface area (Å²) in [6.45, 7) is 5.10. The van der Waals surface area contributed by atoms with Crippen molar-refractivity contribution in [2.75, 3.05) is 20.8 Å². The molecule has 3 aromatic rings. The molecule has 1 amide bonds. The maximum absolute atomic E-state index is 12.8. The molecule has 6 heteroatoms. The molecule has 0 saturated heterocycles. The van der Waals surface area contributed by atoms with E-state index in [4.69, 9.17) is 14.2 Å². The second kappa shape index (κ2) is 11.9. The molecule has 0 heterocycles. The number of rotatable bonds is 9. The number of methoxy groups -OCH3 is 2. The van der Waals surface area contributed by atoms with Crippen LogP contribution in [0.5, 0.6) is 5.75 Å². The third-order valence-corrected chi connectivity index (χ3v) is 5.62. The van der Waals surface area contributed by atoms with Gasteiger partial charge < -0.3 is 19.1 Å². The van der Waals surface area contributed by atoms with Gasteiger partial charge in [-0.3, -0.25) is 4.79 Å². The highest BCUT2D eigenvalue weighted by Gasteiger charge is 2.18. The number of aryl methyl sites for hydroxylation is 1. The van der Waals surface area contributed by atoms with Crippen LogP contribution in [0.3, 0.4) is 0 Å². The summed E-state index contributed by atoms with van der Waals surface area (Å²) in [4.78, 5) is 26.4. The zero-order valence-electron chi connectivity index (χ0n) is 20.2. The Morgan fingerprint density at radius 2 is 1.68 bits per heavy atom. The van der Waals surface area contributed by atoms with Crippen molar-refractivity contribution in [1.29, 1.82) is 0 Å². The number of carbonyl (C=O) groups excluding carboxylic acids is 2. The molecule has 3 aromatic carbocycles. The molecule has 6 nitrogen and oxygen atoms in total. The lowest BCUT2D eigenvalue weighted by atomic mass is 9.95. The van der Waals surface area contributed by atoms with Gasteiger partial charge in [-0.15, -0.1) is 0 Å². The number of hydrogen-bond acceptors (Lipinski definition) is 5. The van der Waals surface area contributed by atoms with Gasteiger partial charge in [0, 0.05) is 18.7 Å². The van der Waals surface area contributed by atoms with Gasteiger partial charge in [0.15, 0.2) is 0 Å². The van der Waals surface area contributed by atoms with E-state index in [2.05, 4.69) is 6.07 Å². The molecule has 3 rings (SSSR count). The maximum atomic E-state index is 12.8. The van der Waals surface area contributed by atoms with Gasteiger partial charge in [-0.1, -0.05) is 60.2 Å². The fourth-order valence-electron chi connectivity index (χ4n) is 3.77. The van der Waals surface area contributed by atoms with Crippen LogP contribution in [-0.4, -0.2) is 37.7 Å². The Morgan fingerprint density at radius 1 is 0.912 bits per heavy atom. The third-order valence-electron chi connectivity index (χ3n) is 5.62.